The van der Waals surface area contributed by atoms with Gasteiger partial charge in [0.1, 0.15) is 26.4 Å². The number of nitrogens with zero attached hydrogens (tertiary/aromatic N) is 4. The van der Waals surface area contributed by atoms with E-state index in [4.69, 9.17) is 0 Å². The molecule has 2 amide bonds. The van der Waals surface area contributed by atoms with Crippen LogP contribution in [0.5, 0.6) is 11.5 Å². The summed E-state index contributed by atoms with van der Waals surface area (Å²) in [6.45, 7) is 0. The number of rotatable bonds is 9. The van der Waals surface area contributed by atoms with Gasteiger partial charge in [-0.3, -0.25) is 4.55 Å². The number of hydrogen-bond donors (Lipinski definition) is 5. The number of nitrogens with one attached hydrogen (secondary N) is 2. The molecule has 5 N–H and O–H groups in total. The number of azo groups is 2. The summed E-state index contributed by atoms with van der Waals surface area (Å²) in [4.78, 5) is 22.3. The van der Waals surface area contributed by atoms with E-state index in [1.54, 1.807) is 30.3 Å². The number of carboxylic acids is 1. The molecule has 0 saturated heterocycles. The summed E-state index contributed by atoms with van der Waals surface area (Å²) in [5.74, 6) is -2.73. The minimum absolute atomic E-state index is 0. The summed E-state index contributed by atoms with van der Waals surface area (Å²) in [6.07, 6.45) is 0. The van der Waals surface area contributed by atoms with Gasteiger partial charge in [-0.15, -0.1) is 10.2 Å². The standard InChI is InChI=1S/C34H24N6O11S2.3Na/c41-31-25-12-10-23(14-19(25)16-27(52(46,47)48)29(31)39-37-21-4-2-1-3-5-21)35-34(45)36-24-11-13-26-20(15-24)17-28(53(49,50)51)30(32(26)42)40-38-22-8-6-18(7-9-22)33(43)44;;;/h1-17,41-42H,(H,43,44)(H2,35,36,45)(H,46,47,48)(H,49,50,51);;;/q;3*+1/p-2. The van der Waals surface area contributed by atoms with Gasteiger partial charge in [0.25, 0.3) is 10.1 Å². The SMILES string of the molecule is O=C(Nc1ccc2c(O)c(N=Nc3ccccc3)c(S(=O)(=O)[O-])cc2c1)Nc1ccc2c(O)c(N=Nc3ccc(C(=O)[O-])cc3)c(S(=O)(=O)O)cc2c1.[Na+].[Na+].[Na+]. The molecule has 22 heteroatoms. The van der Waals surface area contributed by atoms with Crippen molar-refractivity contribution in [2.75, 3.05) is 10.6 Å². The minimum Gasteiger partial charge on any atom is -0.744 e. The summed E-state index contributed by atoms with van der Waals surface area (Å²) < 4.78 is 70.8. The molecule has 0 spiro atoms. The van der Waals surface area contributed by atoms with Crippen LogP contribution in [-0.4, -0.2) is 48.2 Å². The number of aromatic hydroxyl groups is 2. The fourth-order valence-electron chi connectivity index (χ4n) is 5.11. The Morgan fingerprint density at radius 1 is 0.589 bits per heavy atom. The van der Waals surface area contributed by atoms with E-state index in [0.717, 1.165) is 12.1 Å². The molecule has 0 bridgehead atoms. The van der Waals surface area contributed by atoms with Crippen molar-refractivity contribution in [2.24, 2.45) is 20.5 Å². The molecule has 0 aliphatic carbocycles. The predicted octanol–water partition coefficient (Wildman–Crippen LogP) is -2.59. The van der Waals surface area contributed by atoms with Crippen LogP contribution in [0.2, 0.25) is 0 Å². The first-order valence-corrected chi connectivity index (χ1v) is 17.7. The Balaban J connectivity index is 0.00000280. The van der Waals surface area contributed by atoms with E-state index in [9.17, 15) is 50.8 Å². The number of urea groups is 1. The van der Waals surface area contributed by atoms with Crippen molar-refractivity contribution in [3.8, 4) is 11.5 Å². The molecule has 6 rings (SSSR count). The monoisotopic (exact) mass is 823 g/mol. The Morgan fingerprint density at radius 2 is 1.04 bits per heavy atom. The number of amides is 2. The summed E-state index contributed by atoms with van der Waals surface area (Å²) in [5.41, 5.74) is -0.670. The summed E-state index contributed by atoms with van der Waals surface area (Å²) in [5, 5.41) is 53.4. The van der Waals surface area contributed by atoms with Crippen LogP contribution in [0.4, 0.5) is 38.9 Å². The van der Waals surface area contributed by atoms with Crippen LogP contribution in [0, 0.1) is 0 Å². The molecule has 0 saturated carbocycles. The van der Waals surface area contributed by atoms with Crippen LogP contribution >= 0.6 is 0 Å². The molecule has 268 valence electrons. The topological polar surface area (TPSA) is 283 Å². The van der Waals surface area contributed by atoms with Crippen molar-refractivity contribution in [1.82, 2.24) is 0 Å². The Bertz CT molecular complexity index is 2760. The number of carbonyl (C=O) groups excluding carboxylic acids is 2. The van der Waals surface area contributed by atoms with Crippen LogP contribution in [0.1, 0.15) is 10.4 Å². The predicted molar refractivity (Wildman–Crippen MR) is 187 cm³/mol. The Kier molecular flexibility index (Phi) is 15.9. The van der Waals surface area contributed by atoms with Crippen molar-refractivity contribution < 1.29 is 140 Å². The zero-order chi connectivity index (χ0) is 38.1. The molecule has 0 radical (unpaired) electrons. The van der Waals surface area contributed by atoms with Crippen LogP contribution in [0.3, 0.4) is 0 Å². The van der Waals surface area contributed by atoms with E-state index in [2.05, 4.69) is 31.1 Å². The second-order valence-corrected chi connectivity index (χ2v) is 13.8. The zero-order valence-corrected chi connectivity index (χ0v) is 37.2. The number of aromatic carboxylic acids is 1. The van der Waals surface area contributed by atoms with Gasteiger partial charge in [-0.2, -0.15) is 18.6 Å². The van der Waals surface area contributed by atoms with Gasteiger partial charge in [-0.05, 0) is 89.1 Å². The van der Waals surface area contributed by atoms with Crippen LogP contribution in [-0.2, 0) is 20.2 Å². The second kappa shape index (κ2) is 19.1. The van der Waals surface area contributed by atoms with E-state index < -0.39 is 64.9 Å². The number of carboxylic acid groups (broad SMARTS) is 1. The Morgan fingerprint density at radius 3 is 1.48 bits per heavy atom. The Hall–Kier alpha value is -3.80. The average Bonchev–Trinajstić information content (AvgIpc) is 3.10. The van der Waals surface area contributed by atoms with Gasteiger partial charge in [0, 0.05) is 22.1 Å². The molecule has 0 unspecified atom stereocenters. The van der Waals surface area contributed by atoms with E-state index in [-0.39, 0.29) is 133 Å². The number of fused-ring (bicyclic) bond motifs is 2. The van der Waals surface area contributed by atoms with Crippen molar-refractivity contribution in [3.63, 3.8) is 0 Å². The fourth-order valence-corrected chi connectivity index (χ4v) is 6.41. The van der Waals surface area contributed by atoms with Gasteiger partial charge in [0.05, 0.1) is 22.2 Å². The van der Waals surface area contributed by atoms with Gasteiger partial charge in [0.2, 0.25) is 0 Å². The van der Waals surface area contributed by atoms with Gasteiger partial charge in [-0.25, -0.2) is 13.2 Å². The number of phenolic OH excluding ortho intramolecular Hbond substituents is 2. The molecule has 0 fully saturated rings. The first-order valence-electron chi connectivity index (χ1n) is 14.9. The third-order valence-corrected chi connectivity index (χ3v) is 9.27. The smallest absolute Gasteiger partial charge is 0.744 e. The molecule has 0 heterocycles. The normalized spacial score (nSPS) is 11.5. The molecule has 0 atom stereocenters. The molecule has 6 aromatic carbocycles. The maximum Gasteiger partial charge on any atom is 1.00 e. The minimum atomic E-state index is -5.15. The fraction of sp³-hybridized carbons (Fsp3) is 0. The summed E-state index contributed by atoms with van der Waals surface area (Å²) in [7, 11) is -10.1. The van der Waals surface area contributed by atoms with E-state index >= 15 is 0 Å². The number of anilines is 2. The molecule has 17 nitrogen and oxygen atoms in total. The van der Waals surface area contributed by atoms with Crippen LogP contribution < -0.4 is 104 Å². The van der Waals surface area contributed by atoms with Crippen molar-refractivity contribution in [2.45, 2.75) is 9.79 Å². The second-order valence-electron chi connectivity index (χ2n) is 11.1. The number of phenols is 2. The van der Waals surface area contributed by atoms with E-state index in [0.29, 0.717) is 5.69 Å². The van der Waals surface area contributed by atoms with Crippen molar-refractivity contribution >= 4 is 87.9 Å². The third-order valence-electron chi connectivity index (χ3n) is 7.56. The Labute approximate surface area is 384 Å². The summed E-state index contributed by atoms with van der Waals surface area (Å²) in [6, 6.07) is 22.3. The molecule has 0 aliphatic heterocycles. The molecule has 0 aliphatic rings. The number of carbonyl (C=O) groups is 2. The molecular weight excluding hydrogens is 802 g/mol. The van der Waals surface area contributed by atoms with Crippen LogP contribution in [0.15, 0.2) is 133 Å². The number of benzene rings is 6. The van der Waals surface area contributed by atoms with Gasteiger partial charge in [0.15, 0.2) is 11.5 Å². The largest absolute Gasteiger partial charge is 1.00 e. The average molecular weight is 824 g/mol. The van der Waals surface area contributed by atoms with Crippen molar-refractivity contribution in [1.29, 1.82) is 0 Å². The van der Waals surface area contributed by atoms with Crippen LogP contribution in [0.25, 0.3) is 21.5 Å². The maximum absolute atomic E-state index is 13.0. The first kappa shape index (κ1) is 46.6. The molecule has 0 aromatic heterocycles. The van der Waals surface area contributed by atoms with E-state index in [1.165, 1.54) is 60.7 Å². The molecule has 6 aromatic rings. The maximum atomic E-state index is 13.0. The zero-order valence-electron chi connectivity index (χ0n) is 29.5. The van der Waals surface area contributed by atoms with Gasteiger partial charge in [-0.1, -0.05) is 30.3 Å². The molecule has 56 heavy (non-hydrogen) atoms. The van der Waals surface area contributed by atoms with Gasteiger partial charge >= 0.3 is 94.7 Å². The van der Waals surface area contributed by atoms with Gasteiger partial charge < -0.3 is 35.3 Å². The van der Waals surface area contributed by atoms with Crippen molar-refractivity contribution in [3.05, 3.63) is 109 Å². The third kappa shape index (κ3) is 10.8. The van der Waals surface area contributed by atoms with E-state index in [1.807, 2.05) is 0 Å². The first-order chi connectivity index (χ1) is 25.1. The summed E-state index contributed by atoms with van der Waals surface area (Å²) >= 11 is 0. The molecular formula is C34H22N6Na3O11S2+. The quantitative estimate of drug-likeness (QED) is 0.0573. The number of hydrogen-bond acceptors (Lipinski definition) is 14.